The molecule has 4 rings (SSSR count). The zero-order chi connectivity index (χ0) is 24.3. The smallest absolute Gasteiger partial charge is 0.151 e. The summed E-state index contributed by atoms with van der Waals surface area (Å²) in [5.74, 6) is 2.36. The maximum absolute atomic E-state index is 10.3. The molecule has 0 atom stereocenters. The van der Waals surface area contributed by atoms with Crippen LogP contribution in [0.2, 0.25) is 0 Å². The number of oxime groups is 1. The van der Waals surface area contributed by atoms with E-state index >= 15 is 0 Å². The van der Waals surface area contributed by atoms with Crippen molar-refractivity contribution < 1.29 is 9.57 Å². The second kappa shape index (κ2) is 12.5. The van der Waals surface area contributed by atoms with Crippen LogP contribution in [-0.4, -0.2) is 52.9 Å². The van der Waals surface area contributed by atoms with Crippen molar-refractivity contribution in [1.29, 1.82) is 0 Å². The summed E-state index contributed by atoms with van der Waals surface area (Å²) in [6, 6.07) is 15.2. The Kier molecular flexibility index (Phi) is 8.63. The second-order valence-electron chi connectivity index (χ2n) is 8.26. The Morgan fingerprint density at radius 3 is 2.34 bits per heavy atom. The molecular weight excluding hydrogens is 446 g/mol. The van der Waals surface area contributed by atoms with Gasteiger partial charge in [-0.25, -0.2) is 0 Å². The summed E-state index contributed by atoms with van der Waals surface area (Å²) in [4.78, 5) is 17.6. The number of nitroso groups, excluding NO2 is 1. The molecular formula is C25H29N7O3. The molecule has 0 radical (unpaired) electrons. The summed E-state index contributed by atoms with van der Waals surface area (Å²) in [7, 11) is 0. The predicted octanol–water partition coefficient (Wildman–Crippen LogP) is 4.26. The van der Waals surface area contributed by atoms with Gasteiger partial charge in [0.2, 0.25) is 0 Å². The Morgan fingerprint density at radius 2 is 1.71 bits per heavy atom. The van der Waals surface area contributed by atoms with Gasteiger partial charge >= 0.3 is 0 Å². The van der Waals surface area contributed by atoms with E-state index in [1.165, 1.54) is 0 Å². The van der Waals surface area contributed by atoms with Gasteiger partial charge in [0, 0.05) is 13.1 Å². The summed E-state index contributed by atoms with van der Waals surface area (Å²) >= 11 is 0. The first-order chi connectivity index (χ1) is 17.2. The van der Waals surface area contributed by atoms with E-state index in [0.717, 1.165) is 49.5 Å². The average molecular weight is 476 g/mol. The van der Waals surface area contributed by atoms with E-state index in [4.69, 9.17) is 9.57 Å². The lowest BCUT2D eigenvalue weighted by Gasteiger charge is -2.32. The zero-order valence-electron chi connectivity index (χ0n) is 19.8. The van der Waals surface area contributed by atoms with Crippen LogP contribution in [-0.2, 0) is 11.4 Å². The third kappa shape index (κ3) is 7.02. The van der Waals surface area contributed by atoms with Crippen molar-refractivity contribution in [3.05, 3.63) is 64.7 Å². The minimum Gasteiger partial charge on any atom is -0.494 e. The van der Waals surface area contributed by atoms with Crippen LogP contribution in [0.3, 0.4) is 0 Å². The average Bonchev–Trinajstić information content (AvgIpc) is 2.91. The molecule has 1 aromatic carbocycles. The van der Waals surface area contributed by atoms with Crippen LogP contribution in [0.4, 0.5) is 5.82 Å². The van der Waals surface area contributed by atoms with Gasteiger partial charge in [-0.3, -0.25) is 0 Å². The van der Waals surface area contributed by atoms with E-state index in [0.29, 0.717) is 36.2 Å². The first kappa shape index (κ1) is 24.2. The van der Waals surface area contributed by atoms with Gasteiger partial charge in [0.05, 0.1) is 18.5 Å². The molecule has 0 amide bonds. The monoisotopic (exact) mass is 475 g/mol. The number of hydrogen-bond donors (Lipinski definition) is 0. The molecule has 0 unspecified atom stereocenters. The Bertz CT molecular complexity index is 1080. The lowest BCUT2D eigenvalue weighted by atomic mass is 9.94. The Balaban J connectivity index is 1.20. The van der Waals surface area contributed by atoms with E-state index in [-0.39, 0.29) is 6.54 Å². The molecule has 1 aliphatic heterocycles. The van der Waals surface area contributed by atoms with E-state index in [1.807, 2.05) is 43.3 Å². The van der Waals surface area contributed by atoms with Gasteiger partial charge in [-0.15, -0.1) is 15.3 Å². The van der Waals surface area contributed by atoms with Crippen molar-refractivity contribution in [1.82, 2.24) is 20.4 Å². The van der Waals surface area contributed by atoms with Crippen molar-refractivity contribution in [2.45, 2.75) is 32.7 Å². The molecule has 1 fully saturated rings. The van der Waals surface area contributed by atoms with Gasteiger partial charge in [-0.05, 0) is 86.2 Å². The highest BCUT2D eigenvalue weighted by Crippen LogP contribution is 2.25. The van der Waals surface area contributed by atoms with Gasteiger partial charge in [-0.2, -0.15) is 10.0 Å². The molecule has 0 spiro atoms. The number of hydrogen-bond acceptors (Lipinski definition) is 10. The van der Waals surface area contributed by atoms with Gasteiger partial charge in [0.25, 0.3) is 0 Å². The first-order valence-corrected chi connectivity index (χ1v) is 11.8. The maximum Gasteiger partial charge on any atom is 0.151 e. The summed E-state index contributed by atoms with van der Waals surface area (Å²) < 4.78 is 5.93. The van der Waals surface area contributed by atoms with Crippen molar-refractivity contribution >= 4 is 12.0 Å². The first-order valence-electron chi connectivity index (χ1n) is 11.8. The highest BCUT2D eigenvalue weighted by Gasteiger charge is 2.20. The molecule has 0 bridgehead atoms. The number of aromatic nitrogens is 4. The maximum atomic E-state index is 10.3. The van der Waals surface area contributed by atoms with E-state index < -0.39 is 0 Å². The Morgan fingerprint density at radius 1 is 0.971 bits per heavy atom. The van der Waals surface area contributed by atoms with Gasteiger partial charge < -0.3 is 14.5 Å². The summed E-state index contributed by atoms with van der Waals surface area (Å²) in [5, 5.41) is 23.5. The van der Waals surface area contributed by atoms with Crippen LogP contribution >= 0.6 is 0 Å². The number of nitrogens with zero attached hydrogens (tertiary/aromatic N) is 7. The topological polar surface area (TPSA) is 115 Å². The van der Waals surface area contributed by atoms with Crippen molar-refractivity contribution in [3.63, 3.8) is 0 Å². The molecule has 10 nitrogen and oxygen atoms in total. The van der Waals surface area contributed by atoms with Gasteiger partial charge in [0.1, 0.15) is 30.3 Å². The zero-order valence-corrected chi connectivity index (χ0v) is 19.8. The normalized spacial score (nSPS) is 14.3. The fourth-order valence-corrected chi connectivity index (χ4v) is 3.89. The van der Waals surface area contributed by atoms with Crippen LogP contribution in [0.5, 0.6) is 5.75 Å². The summed E-state index contributed by atoms with van der Waals surface area (Å²) in [5.41, 5.74) is 2.77. The van der Waals surface area contributed by atoms with E-state index in [1.54, 1.807) is 18.3 Å². The third-order valence-corrected chi connectivity index (χ3v) is 5.88. The van der Waals surface area contributed by atoms with Crippen LogP contribution < -0.4 is 9.64 Å². The van der Waals surface area contributed by atoms with Gasteiger partial charge in [-0.1, -0.05) is 10.3 Å². The largest absolute Gasteiger partial charge is 0.494 e. The summed E-state index contributed by atoms with van der Waals surface area (Å²) in [6.45, 7) is 5.06. The molecule has 0 aliphatic carbocycles. The lowest BCUT2D eigenvalue weighted by Crippen LogP contribution is -2.34. The fraction of sp³-hybridized carbons (Fsp3) is 0.400. The van der Waals surface area contributed by atoms with E-state index in [2.05, 4.69) is 35.6 Å². The number of rotatable bonds is 11. The van der Waals surface area contributed by atoms with E-state index in [9.17, 15) is 4.91 Å². The van der Waals surface area contributed by atoms with Crippen molar-refractivity contribution in [2.24, 2.45) is 16.3 Å². The number of anilines is 1. The molecule has 3 heterocycles. The molecule has 35 heavy (non-hydrogen) atoms. The van der Waals surface area contributed by atoms with Crippen molar-refractivity contribution in [3.8, 4) is 17.1 Å². The van der Waals surface area contributed by atoms with Crippen LogP contribution in [0.1, 0.15) is 37.4 Å². The Hall–Kier alpha value is -3.95. The molecule has 0 saturated carbocycles. The lowest BCUT2D eigenvalue weighted by molar-refractivity contribution is 0.160. The number of piperidine rings is 1. The van der Waals surface area contributed by atoms with Crippen molar-refractivity contribution in [2.75, 3.05) is 31.2 Å². The third-order valence-electron chi connectivity index (χ3n) is 5.88. The number of benzene rings is 1. The molecule has 3 aromatic rings. The predicted molar refractivity (Wildman–Crippen MR) is 133 cm³/mol. The van der Waals surface area contributed by atoms with Crippen LogP contribution in [0, 0.1) is 10.8 Å². The molecule has 0 N–H and O–H groups in total. The van der Waals surface area contributed by atoms with Gasteiger partial charge in [0.15, 0.2) is 5.82 Å². The SMILES string of the molecule is CCO/N=C/c1ccc(OCCC2CCN(c3ccc(-c4ccc(CN=O)nn4)nn3)CC2)cc1. The molecule has 2 aromatic heterocycles. The molecule has 182 valence electrons. The summed E-state index contributed by atoms with van der Waals surface area (Å²) in [6.07, 6.45) is 4.91. The fourth-order valence-electron chi connectivity index (χ4n) is 3.89. The minimum atomic E-state index is 0.0121. The Labute approximate surface area is 204 Å². The highest BCUT2D eigenvalue weighted by molar-refractivity contribution is 5.79. The molecule has 1 aliphatic rings. The quantitative estimate of drug-likeness (QED) is 0.230. The number of ether oxygens (including phenoxy) is 1. The van der Waals surface area contributed by atoms with Crippen LogP contribution in [0.25, 0.3) is 11.4 Å². The standard InChI is InChI=1S/C25H29N7O3/c1-2-35-27-17-20-3-6-22(7-4-20)34-16-13-19-11-14-32(15-12-19)25-10-9-24(30-31-25)23-8-5-21(18-26-33)28-29-23/h3-10,17,19H,2,11-16,18H2,1H3/b27-17+. The highest BCUT2D eigenvalue weighted by atomic mass is 16.6. The molecule has 1 saturated heterocycles. The minimum absolute atomic E-state index is 0.0121. The molecule has 10 heteroatoms. The van der Waals surface area contributed by atoms with Crippen LogP contribution in [0.15, 0.2) is 58.9 Å². The second-order valence-corrected chi connectivity index (χ2v) is 8.26.